The molecule has 0 amide bonds. The fourth-order valence-corrected chi connectivity index (χ4v) is 2.02. The van der Waals surface area contributed by atoms with Gasteiger partial charge in [0.25, 0.3) is 5.78 Å². The van der Waals surface area contributed by atoms with Crippen LogP contribution in [0.4, 0.5) is 0 Å². The minimum absolute atomic E-state index is 0.370. The summed E-state index contributed by atoms with van der Waals surface area (Å²) in [5.74, 6) is -1.64. The summed E-state index contributed by atoms with van der Waals surface area (Å²) in [7, 11) is 0. The molecule has 5 heteroatoms. The Morgan fingerprint density at radius 1 is 1.08 bits per heavy atom. The topological polar surface area (TPSA) is 57.5 Å². The van der Waals surface area contributed by atoms with Gasteiger partial charge in [-0.05, 0) is 0 Å². The van der Waals surface area contributed by atoms with E-state index in [9.17, 15) is 15.0 Å². The highest BCUT2D eigenvalue weighted by atomic mass is 79.9. The molecule has 0 heterocycles. The fourth-order valence-electron chi connectivity index (χ4n) is 1.000. The molecule has 0 spiro atoms. The Morgan fingerprint density at radius 2 is 1.38 bits per heavy atom. The van der Waals surface area contributed by atoms with E-state index in [4.69, 9.17) is 0 Å². The van der Waals surface area contributed by atoms with Crippen LogP contribution in [-0.2, 0) is 4.79 Å². The highest BCUT2D eigenvalue weighted by Crippen LogP contribution is 2.47. The third-order valence-corrected chi connectivity index (χ3v) is 4.68. The van der Waals surface area contributed by atoms with Crippen molar-refractivity contribution in [1.29, 1.82) is 0 Å². The number of aliphatic hydroxyl groups is 2. The van der Waals surface area contributed by atoms with Gasteiger partial charge in [-0.25, -0.2) is 0 Å². The van der Waals surface area contributed by atoms with E-state index >= 15 is 0 Å². The van der Waals surface area contributed by atoms with Gasteiger partial charge in [-0.3, -0.25) is 4.79 Å². The summed E-state index contributed by atoms with van der Waals surface area (Å²) in [5, 5.41) is 18.7. The van der Waals surface area contributed by atoms with Gasteiger partial charge >= 0.3 is 0 Å². The molecule has 0 unspecified atom stereocenters. The van der Waals surface area contributed by atoms with Crippen molar-refractivity contribution in [2.24, 2.45) is 5.41 Å². The minimum atomic E-state index is -0.766. The van der Waals surface area contributed by atoms with E-state index < -0.39 is 22.7 Å². The van der Waals surface area contributed by atoms with E-state index in [0.717, 1.165) is 0 Å². The molecule has 2 N–H and O–H groups in total. The van der Waals surface area contributed by atoms with Gasteiger partial charge in [0.2, 0.25) is 0 Å². The summed E-state index contributed by atoms with van der Waals surface area (Å²) < 4.78 is 0.740. The standard InChI is InChI=1S/C8H8Br2O3/c1-8(2)6(9)4(12)3(11)5(13)7(8)10/h12-13H,1-2H3. The Kier molecular flexibility index (Phi) is 2.60. The van der Waals surface area contributed by atoms with Gasteiger partial charge in [-0.2, -0.15) is 0 Å². The Hall–Kier alpha value is -0.290. The number of allylic oxidation sites excluding steroid dienone is 2. The molecule has 0 aromatic carbocycles. The molecule has 0 fully saturated rings. The summed E-state index contributed by atoms with van der Waals surface area (Å²) in [6.07, 6.45) is 0. The molecule has 1 aliphatic rings. The first kappa shape index (κ1) is 10.8. The molecule has 0 bridgehead atoms. The molecule has 0 aromatic heterocycles. The van der Waals surface area contributed by atoms with Gasteiger partial charge in [0.15, 0.2) is 11.5 Å². The lowest BCUT2D eigenvalue weighted by Crippen LogP contribution is -2.25. The number of Topliss-reactive ketones (excluding diaryl/α,β-unsaturated/α-hetero) is 1. The second-order valence-electron chi connectivity index (χ2n) is 3.28. The summed E-state index contributed by atoms with van der Waals surface area (Å²) >= 11 is 6.23. The second kappa shape index (κ2) is 3.13. The highest BCUT2D eigenvalue weighted by molar-refractivity contribution is 9.12. The van der Waals surface area contributed by atoms with Gasteiger partial charge < -0.3 is 10.2 Å². The van der Waals surface area contributed by atoms with Crippen LogP contribution in [0.25, 0.3) is 0 Å². The maximum atomic E-state index is 11.2. The van der Waals surface area contributed by atoms with E-state index in [1.807, 2.05) is 0 Å². The SMILES string of the molecule is CC1(C)C(Br)=C(O)C(=O)C(O)=C1Br. The van der Waals surface area contributed by atoms with Gasteiger partial charge in [-0.1, -0.05) is 45.7 Å². The molecule has 13 heavy (non-hydrogen) atoms. The Balaban J connectivity index is 3.39. The van der Waals surface area contributed by atoms with E-state index in [2.05, 4.69) is 31.9 Å². The number of hydrogen-bond donors (Lipinski definition) is 2. The highest BCUT2D eigenvalue weighted by Gasteiger charge is 2.39. The molecule has 1 aliphatic carbocycles. The average Bonchev–Trinajstić information content (AvgIpc) is 2.09. The number of rotatable bonds is 0. The first-order valence-corrected chi connectivity index (χ1v) is 5.12. The molecule has 0 saturated carbocycles. The Morgan fingerprint density at radius 3 is 1.69 bits per heavy atom. The van der Waals surface area contributed by atoms with Crippen molar-refractivity contribution in [3.05, 3.63) is 20.5 Å². The number of ketones is 1. The lowest BCUT2D eigenvalue weighted by molar-refractivity contribution is -0.117. The van der Waals surface area contributed by atoms with Crippen molar-refractivity contribution in [2.45, 2.75) is 13.8 Å². The van der Waals surface area contributed by atoms with Gasteiger partial charge in [0.05, 0.1) is 8.96 Å². The van der Waals surface area contributed by atoms with Crippen LogP contribution in [-0.4, -0.2) is 16.0 Å². The van der Waals surface area contributed by atoms with Crippen LogP contribution in [0.3, 0.4) is 0 Å². The van der Waals surface area contributed by atoms with Crippen molar-refractivity contribution in [2.75, 3.05) is 0 Å². The van der Waals surface area contributed by atoms with Crippen LogP contribution in [0.1, 0.15) is 13.8 Å². The number of hydrogen-bond acceptors (Lipinski definition) is 3. The summed E-state index contributed by atoms with van der Waals surface area (Å²) in [6, 6.07) is 0. The molecule has 0 aromatic rings. The van der Waals surface area contributed by atoms with E-state index in [0.29, 0.717) is 8.96 Å². The normalized spacial score (nSPS) is 22.6. The molecule has 1 rings (SSSR count). The predicted molar refractivity (Wildman–Crippen MR) is 56.0 cm³/mol. The van der Waals surface area contributed by atoms with Crippen molar-refractivity contribution in [1.82, 2.24) is 0 Å². The number of halogens is 2. The second-order valence-corrected chi connectivity index (χ2v) is 4.87. The zero-order valence-electron chi connectivity index (χ0n) is 7.06. The lowest BCUT2D eigenvalue weighted by atomic mass is 9.86. The van der Waals surface area contributed by atoms with Crippen LogP contribution in [0.15, 0.2) is 20.5 Å². The summed E-state index contributed by atoms with van der Waals surface area (Å²) in [5.41, 5.74) is -0.609. The van der Waals surface area contributed by atoms with Crippen LogP contribution < -0.4 is 0 Å². The first-order chi connectivity index (χ1) is 5.80. The monoisotopic (exact) mass is 310 g/mol. The quantitative estimate of drug-likeness (QED) is 0.723. The van der Waals surface area contributed by atoms with Gasteiger partial charge in [-0.15, -0.1) is 0 Å². The molecule has 3 nitrogen and oxygen atoms in total. The average molecular weight is 312 g/mol. The van der Waals surface area contributed by atoms with Crippen LogP contribution in [0, 0.1) is 5.41 Å². The van der Waals surface area contributed by atoms with Gasteiger partial charge in [0.1, 0.15) is 0 Å². The smallest absolute Gasteiger partial charge is 0.263 e. The minimum Gasteiger partial charge on any atom is -0.503 e. The molecular formula is C8H8Br2O3. The van der Waals surface area contributed by atoms with Crippen molar-refractivity contribution in [3.8, 4) is 0 Å². The summed E-state index contributed by atoms with van der Waals surface area (Å²) in [6.45, 7) is 3.53. The summed E-state index contributed by atoms with van der Waals surface area (Å²) in [4.78, 5) is 11.2. The molecular weight excluding hydrogens is 304 g/mol. The number of aliphatic hydroxyl groups excluding tert-OH is 2. The Bertz CT molecular complexity index is 309. The Labute approximate surface area is 92.4 Å². The lowest BCUT2D eigenvalue weighted by Gasteiger charge is -2.28. The van der Waals surface area contributed by atoms with Crippen LogP contribution >= 0.6 is 31.9 Å². The zero-order valence-corrected chi connectivity index (χ0v) is 10.2. The largest absolute Gasteiger partial charge is 0.503 e. The first-order valence-electron chi connectivity index (χ1n) is 3.53. The number of carbonyl (C=O) groups excluding carboxylic acids is 1. The molecule has 0 radical (unpaired) electrons. The van der Waals surface area contributed by atoms with Crippen molar-refractivity contribution >= 4 is 37.6 Å². The van der Waals surface area contributed by atoms with E-state index in [1.165, 1.54) is 0 Å². The third kappa shape index (κ3) is 1.44. The molecule has 72 valence electrons. The molecule has 0 saturated heterocycles. The maximum absolute atomic E-state index is 11.2. The third-order valence-electron chi connectivity index (χ3n) is 1.94. The van der Waals surface area contributed by atoms with Crippen LogP contribution in [0.5, 0.6) is 0 Å². The maximum Gasteiger partial charge on any atom is 0.263 e. The van der Waals surface area contributed by atoms with Crippen LogP contribution in [0.2, 0.25) is 0 Å². The van der Waals surface area contributed by atoms with Gasteiger partial charge in [0, 0.05) is 5.41 Å². The number of carbonyl (C=O) groups is 1. The van der Waals surface area contributed by atoms with Crippen molar-refractivity contribution < 1.29 is 15.0 Å². The van der Waals surface area contributed by atoms with E-state index in [1.54, 1.807) is 13.8 Å². The molecule has 0 aliphatic heterocycles. The molecule has 0 atom stereocenters. The van der Waals surface area contributed by atoms with Crippen molar-refractivity contribution in [3.63, 3.8) is 0 Å². The zero-order chi connectivity index (χ0) is 10.4. The fraction of sp³-hybridized carbons (Fsp3) is 0.375. The van der Waals surface area contributed by atoms with E-state index in [-0.39, 0.29) is 0 Å². The predicted octanol–water partition coefficient (Wildman–Crippen LogP) is 2.92.